The van der Waals surface area contributed by atoms with Gasteiger partial charge < -0.3 is 16.0 Å². The van der Waals surface area contributed by atoms with E-state index >= 15 is 0 Å². The number of hydrogen-bond donors (Lipinski definition) is 2. The number of nitrogens with two attached hydrogens (primary N) is 1. The highest BCUT2D eigenvalue weighted by molar-refractivity contribution is 7.80. The van der Waals surface area contributed by atoms with E-state index in [1.807, 2.05) is 24.4 Å². The van der Waals surface area contributed by atoms with Crippen molar-refractivity contribution < 1.29 is 0 Å². The van der Waals surface area contributed by atoms with Crippen LogP contribution in [0.3, 0.4) is 0 Å². The van der Waals surface area contributed by atoms with Crippen molar-refractivity contribution in [1.29, 1.82) is 0 Å². The standard InChI is InChI=1S/C14H21N5S/c15-13(19-10-3-4-11-19)18-14(20)17-9-5-7-12-6-1-2-8-16-12/h1-2,6,8H,3-5,7,9-11H2,(H3,15,17,18,20). The number of rotatable bonds is 4. The van der Waals surface area contributed by atoms with Crippen molar-refractivity contribution in [2.75, 3.05) is 19.6 Å². The molecule has 1 aromatic rings. The minimum absolute atomic E-state index is 0.468. The molecule has 0 atom stereocenters. The minimum Gasteiger partial charge on any atom is -0.369 e. The van der Waals surface area contributed by atoms with E-state index in [1.54, 1.807) is 0 Å². The summed E-state index contributed by atoms with van der Waals surface area (Å²) in [6, 6.07) is 5.95. The fourth-order valence-corrected chi connectivity index (χ4v) is 2.37. The molecule has 5 nitrogen and oxygen atoms in total. The fourth-order valence-electron chi connectivity index (χ4n) is 2.17. The lowest BCUT2D eigenvalue weighted by atomic mass is 10.2. The molecule has 0 radical (unpaired) electrons. The molecule has 1 aliphatic heterocycles. The summed E-state index contributed by atoms with van der Waals surface area (Å²) in [5.74, 6) is 0.532. The van der Waals surface area contributed by atoms with E-state index in [1.165, 1.54) is 12.8 Å². The lowest BCUT2D eigenvalue weighted by Crippen LogP contribution is -2.37. The largest absolute Gasteiger partial charge is 0.369 e. The quantitative estimate of drug-likeness (QED) is 0.379. The van der Waals surface area contributed by atoms with Gasteiger partial charge in [-0.3, -0.25) is 4.98 Å². The number of hydrogen-bond acceptors (Lipinski definition) is 2. The van der Waals surface area contributed by atoms with E-state index in [-0.39, 0.29) is 0 Å². The number of nitrogens with zero attached hydrogens (tertiary/aromatic N) is 3. The van der Waals surface area contributed by atoms with Gasteiger partial charge in [-0.05, 0) is 50.0 Å². The number of nitrogens with one attached hydrogen (secondary N) is 1. The zero-order chi connectivity index (χ0) is 14.2. The maximum atomic E-state index is 5.91. The molecule has 2 heterocycles. The van der Waals surface area contributed by atoms with Crippen molar-refractivity contribution in [3.05, 3.63) is 30.1 Å². The average Bonchev–Trinajstić information content (AvgIpc) is 2.99. The Kier molecular flexibility index (Phi) is 5.73. The summed E-state index contributed by atoms with van der Waals surface area (Å²) < 4.78 is 0. The van der Waals surface area contributed by atoms with Crippen LogP contribution in [0.2, 0.25) is 0 Å². The van der Waals surface area contributed by atoms with Crippen LogP contribution in [0.1, 0.15) is 25.0 Å². The lowest BCUT2D eigenvalue weighted by molar-refractivity contribution is 0.514. The number of likely N-dealkylation sites (tertiary alicyclic amines) is 1. The molecule has 1 aromatic heterocycles. The summed E-state index contributed by atoms with van der Waals surface area (Å²) in [6.07, 6.45) is 6.08. The number of aliphatic imine (C=N–C) groups is 1. The summed E-state index contributed by atoms with van der Waals surface area (Å²) in [4.78, 5) is 10.6. The summed E-state index contributed by atoms with van der Waals surface area (Å²) in [7, 11) is 0. The summed E-state index contributed by atoms with van der Waals surface area (Å²) in [5.41, 5.74) is 7.01. The molecule has 3 N–H and O–H groups in total. The van der Waals surface area contributed by atoms with Gasteiger partial charge in [0.1, 0.15) is 0 Å². The van der Waals surface area contributed by atoms with Gasteiger partial charge in [-0.2, -0.15) is 4.99 Å². The van der Waals surface area contributed by atoms with Crippen LogP contribution in [0.5, 0.6) is 0 Å². The Morgan fingerprint density at radius 1 is 1.40 bits per heavy atom. The molecule has 2 rings (SSSR count). The van der Waals surface area contributed by atoms with Crippen molar-refractivity contribution in [2.45, 2.75) is 25.7 Å². The topological polar surface area (TPSA) is 66.5 Å². The Balaban J connectivity index is 1.66. The molecule has 6 heteroatoms. The second kappa shape index (κ2) is 7.79. The third kappa shape index (κ3) is 4.77. The first-order valence-corrected chi connectivity index (χ1v) is 7.43. The van der Waals surface area contributed by atoms with Gasteiger partial charge in [-0.1, -0.05) is 6.07 Å². The maximum Gasteiger partial charge on any atom is 0.198 e. The van der Waals surface area contributed by atoms with Crippen molar-refractivity contribution in [3.63, 3.8) is 0 Å². The summed E-state index contributed by atoms with van der Waals surface area (Å²) in [5, 5.41) is 3.58. The average molecular weight is 291 g/mol. The molecule has 1 saturated heterocycles. The normalized spacial score (nSPS) is 15.4. The predicted octanol–water partition coefficient (Wildman–Crippen LogP) is 1.30. The highest BCUT2D eigenvalue weighted by Crippen LogP contribution is 2.06. The van der Waals surface area contributed by atoms with Crippen LogP contribution in [0.15, 0.2) is 29.4 Å². The monoisotopic (exact) mass is 291 g/mol. The van der Waals surface area contributed by atoms with Gasteiger partial charge in [0.2, 0.25) is 0 Å². The minimum atomic E-state index is 0.468. The van der Waals surface area contributed by atoms with Crippen LogP contribution in [0.4, 0.5) is 0 Å². The second-order valence-corrected chi connectivity index (χ2v) is 5.21. The van der Waals surface area contributed by atoms with Gasteiger partial charge in [0.25, 0.3) is 0 Å². The summed E-state index contributed by atoms with van der Waals surface area (Å²) >= 11 is 5.17. The van der Waals surface area contributed by atoms with Gasteiger partial charge in [0.15, 0.2) is 11.1 Å². The van der Waals surface area contributed by atoms with Crippen molar-refractivity contribution in [1.82, 2.24) is 15.2 Å². The van der Waals surface area contributed by atoms with Gasteiger partial charge in [-0.15, -0.1) is 0 Å². The Bertz CT molecular complexity index is 454. The first-order chi connectivity index (χ1) is 9.75. The van der Waals surface area contributed by atoms with Crippen molar-refractivity contribution >= 4 is 23.3 Å². The zero-order valence-electron chi connectivity index (χ0n) is 11.6. The number of aromatic nitrogens is 1. The van der Waals surface area contributed by atoms with E-state index in [0.717, 1.165) is 38.2 Å². The molecule has 0 aromatic carbocycles. The third-order valence-electron chi connectivity index (χ3n) is 3.26. The van der Waals surface area contributed by atoms with Crippen LogP contribution in [0.25, 0.3) is 0 Å². The maximum absolute atomic E-state index is 5.91. The molecule has 1 aliphatic rings. The fraction of sp³-hybridized carbons (Fsp3) is 0.500. The Labute approximate surface area is 125 Å². The Hall–Kier alpha value is -1.69. The molecule has 0 unspecified atom stereocenters. The molecule has 0 aliphatic carbocycles. The van der Waals surface area contributed by atoms with Crippen molar-refractivity contribution in [2.24, 2.45) is 10.7 Å². The molecular weight excluding hydrogens is 270 g/mol. The highest BCUT2D eigenvalue weighted by atomic mass is 32.1. The smallest absolute Gasteiger partial charge is 0.198 e. The Morgan fingerprint density at radius 2 is 2.20 bits per heavy atom. The highest BCUT2D eigenvalue weighted by Gasteiger charge is 2.13. The molecule has 1 fully saturated rings. The Morgan fingerprint density at radius 3 is 2.90 bits per heavy atom. The van der Waals surface area contributed by atoms with E-state index in [0.29, 0.717) is 11.1 Å². The lowest BCUT2D eigenvalue weighted by Gasteiger charge is -2.15. The van der Waals surface area contributed by atoms with E-state index in [9.17, 15) is 0 Å². The van der Waals surface area contributed by atoms with E-state index < -0.39 is 0 Å². The molecule has 20 heavy (non-hydrogen) atoms. The number of thiocarbonyl (C=S) groups is 1. The van der Waals surface area contributed by atoms with E-state index in [4.69, 9.17) is 18.0 Å². The molecule has 108 valence electrons. The van der Waals surface area contributed by atoms with Crippen LogP contribution >= 0.6 is 12.2 Å². The van der Waals surface area contributed by atoms with Gasteiger partial charge in [0.05, 0.1) is 0 Å². The summed E-state index contributed by atoms with van der Waals surface area (Å²) in [6.45, 7) is 2.75. The number of guanidine groups is 1. The van der Waals surface area contributed by atoms with Crippen LogP contribution < -0.4 is 11.1 Å². The van der Waals surface area contributed by atoms with E-state index in [2.05, 4.69) is 20.2 Å². The van der Waals surface area contributed by atoms with Gasteiger partial charge >= 0.3 is 0 Å². The van der Waals surface area contributed by atoms with Crippen LogP contribution in [-0.2, 0) is 6.42 Å². The SMILES string of the molecule is N/C(=N\C(=S)NCCCc1ccccn1)N1CCCC1. The molecule has 0 saturated carbocycles. The molecule has 0 spiro atoms. The second-order valence-electron chi connectivity index (χ2n) is 4.82. The molecule has 0 bridgehead atoms. The van der Waals surface area contributed by atoms with Gasteiger partial charge in [-0.25, -0.2) is 0 Å². The van der Waals surface area contributed by atoms with Crippen LogP contribution in [0, 0.1) is 0 Å². The molecule has 0 amide bonds. The molecular formula is C14H21N5S. The zero-order valence-corrected chi connectivity index (χ0v) is 12.4. The number of pyridine rings is 1. The third-order valence-corrected chi connectivity index (χ3v) is 3.49. The van der Waals surface area contributed by atoms with Gasteiger partial charge in [0, 0.05) is 31.5 Å². The first-order valence-electron chi connectivity index (χ1n) is 7.02. The van der Waals surface area contributed by atoms with Crippen molar-refractivity contribution in [3.8, 4) is 0 Å². The van der Waals surface area contributed by atoms with Crippen LogP contribution in [-0.4, -0.2) is 40.6 Å². The predicted molar refractivity (Wildman–Crippen MR) is 85.6 cm³/mol. The first kappa shape index (κ1) is 14.7. The number of aryl methyl sites for hydroxylation is 1.